The molecular weight excluding hydrogens is 304 g/mol. The van der Waals surface area contributed by atoms with Gasteiger partial charge in [-0.2, -0.15) is 0 Å². The summed E-state index contributed by atoms with van der Waals surface area (Å²) < 4.78 is 23.2. The second-order valence-corrected chi connectivity index (χ2v) is 8.57. The second-order valence-electron chi connectivity index (χ2n) is 6.39. The van der Waals surface area contributed by atoms with Crippen molar-refractivity contribution in [3.05, 3.63) is 0 Å². The van der Waals surface area contributed by atoms with E-state index < -0.39 is 21.6 Å². The van der Waals surface area contributed by atoms with E-state index in [9.17, 15) is 13.2 Å². The number of rotatable bonds is 10. The van der Waals surface area contributed by atoms with Crippen LogP contribution in [0.25, 0.3) is 0 Å². The average Bonchev–Trinajstić information content (AvgIpc) is 2.43. The normalized spacial score (nSPS) is 18.0. The molecule has 1 N–H and O–H groups in total. The number of nitrogens with zero attached hydrogens (tertiary/aromatic N) is 2. The number of likely N-dealkylation sites (tertiary alicyclic amines) is 1. The SMILES string of the molecule is CCCCN(C)CC1CCN(CCS(=O)(=O)CC(=O)O)CC1. The molecular formula is C15H30N2O4S. The lowest BCUT2D eigenvalue weighted by Crippen LogP contribution is -2.40. The molecule has 0 aliphatic carbocycles. The fraction of sp³-hybridized carbons (Fsp3) is 0.933. The summed E-state index contributed by atoms with van der Waals surface area (Å²) in [6, 6.07) is 0. The molecule has 22 heavy (non-hydrogen) atoms. The van der Waals surface area contributed by atoms with E-state index in [2.05, 4.69) is 23.8 Å². The molecule has 1 aliphatic heterocycles. The molecule has 130 valence electrons. The molecule has 0 atom stereocenters. The van der Waals surface area contributed by atoms with Gasteiger partial charge in [0, 0.05) is 13.1 Å². The highest BCUT2D eigenvalue weighted by Gasteiger charge is 2.22. The third-order valence-electron chi connectivity index (χ3n) is 4.23. The summed E-state index contributed by atoms with van der Waals surface area (Å²) in [4.78, 5) is 15.0. The zero-order valence-electron chi connectivity index (χ0n) is 13.8. The van der Waals surface area contributed by atoms with Crippen molar-refractivity contribution >= 4 is 15.8 Å². The van der Waals surface area contributed by atoms with Gasteiger partial charge in [0.1, 0.15) is 5.75 Å². The summed E-state index contributed by atoms with van der Waals surface area (Å²) in [6.45, 7) is 6.73. The molecule has 1 aliphatic rings. The van der Waals surface area contributed by atoms with Crippen molar-refractivity contribution in [1.29, 1.82) is 0 Å². The summed E-state index contributed by atoms with van der Waals surface area (Å²) in [5.41, 5.74) is 0. The monoisotopic (exact) mass is 334 g/mol. The molecule has 1 saturated heterocycles. The summed E-state index contributed by atoms with van der Waals surface area (Å²) >= 11 is 0. The highest BCUT2D eigenvalue weighted by molar-refractivity contribution is 7.92. The molecule has 1 rings (SSSR count). The van der Waals surface area contributed by atoms with Crippen molar-refractivity contribution in [3.63, 3.8) is 0 Å². The van der Waals surface area contributed by atoms with Crippen molar-refractivity contribution in [2.45, 2.75) is 32.6 Å². The Labute approximate surface area is 134 Å². The van der Waals surface area contributed by atoms with Gasteiger partial charge in [0.15, 0.2) is 9.84 Å². The standard InChI is InChI=1S/C15H30N2O4S/c1-3-4-7-16(2)12-14-5-8-17(9-6-14)10-11-22(20,21)13-15(18)19/h14H,3-13H2,1-2H3,(H,18,19). The maximum atomic E-state index is 11.6. The van der Waals surface area contributed by atoms with Crippen LogP contribution in [-0.2, 0) is 14.6 Å². The lowest BCUT2D eigenvalue weighted by atomic mass is 9.96. The van der Waals surface area contributed by atoms with E-state index in [0.29, 0.717) is 12.5 Å². The van der Waals surface area contributed by atoms with E-state index in [1.54, 1.807) is 0 Å². The summed E-state index contributed by atoms with van der Waals surface area (Å²) in [6.07, 6.45) is 4.63. The van der Waals surface area contributed by atoms with Crippen LogP contribution in [-0.4, -0.2) is 80.6 Å². The molecule has 0 saturated carbocycles. The maximum Gasteiger partial charge on any atom is 0.318 e. The number of hydrogen-bond donors (Lipinski definition) is 1. The van der Waals surface area contributed by atoms with Crippen LogP contribution >= 0.6 is 0 Å². The lowest BCUT2D eigenvalue weighted by molar-refractivity contribution is -0.134. The van der Waals surface area contributed by atoms with Crippen LogP contribution in [0.1, 0.15) is 32.6 Å². The zero-order chi connectivity index (χ0) is 16.6. The van der Waals surface area contributed by atoms with Crippen molar-refractivity contribution in [2.24, 2.45) is 5.92 Å². The Bertz CT molecular complexity index is 431. The molecule has 0 spiro atoms. The van der Waals surface area contributed by atoms with E-state index in [1.165, 1.54) is 12.8 Å². The average molecular weight is 334 g/mol. The molecule has 0 aromatic heterocycles. The zero-order valence-corrected chi connectivity index (χ0v) is 14.6. The molecule has 0 bridgehead atoms. The van der Waals surface area contributed by atoms with Crippen LogP contribution in [0.3, 0.4) is 0 Å². The number of sulfone groups is 1. The molecule has 1 heterocycles. The van der Waals surface area contributed by atoms with Gasteiger partial charge in [0.2, 0.25) is 0 Å². The van der Waals surface area contributed by atoms with Gasteiger partial charge < -0.3 is 14.9 Å². The Balaban J connectivity index is 2.24. The van der Waals surface area contributed by atoms with E-state index >= 15 is 0 Å². The van der Waals surface area contributed by atoms with Gasteiger partial charge in [-0.1, -0.05) is 13.3 Å². The second kappa shape index (κ2) is 9.47. The van der Waals surface area contributed by atoms with Crippen LogP contribution in [0.2, 0.25) is 0 Å². The first-order chi connectivity index (χ1) is 10.3. The maximum absolute atomic E-state index is 11.6. The molecule has 7 heteroatoms. The van der Waals surface area contributed by atoms with Crippen LogP contribution in [0.5, 0.6) is 0 Å². The van der Waals surface area contributed by atoms with E-state index in [-0.39, 0.29) is 5.75 Å². The number of unbranched alkanes of at least 4 members (excludes halogenated alkanes) is 1. The predicted molar refractivity (Wildman–Crippen MR) is 87.9 cm³/mol. The Morgan fingerprint density at radius 2 is 1.95 bits per heavy atom. The third-order valence-corrected chi connectivity index (χ3v) is 5.72. The molecule has 1 fully saturated rings. The third kappa shape index (κ3) is 8.10. The van der Waals surface area contributed by atoms with Gasteiger partial charge in [-0.05, 0) is 51.9 Å². The first-order valence-corrected chi connectivity index (χ1v) is 9.97. The summed E-state index contributed by atoms with van der Waals surface area (Å²) in [5, 5.41) is 8.57. The number of carboxylic acid groups (broad SMARTS) is 1. The minimum atomic E-state index is -3.47. The topological polar surface area (TPSA) is 77.9 Å². The number of carbonyl (C=O) groups is 1. The number of carboxylic acids is 1. The van der Waals surface area contributed by atoms with Crippen LogP contribution in [0, 0.1) is 5.92 Å². The molecule has 0 aromatic rings. The quantitative estimate of drug-likeness (QED) is 0.640. The Kier molecular flexibility index (Phi) is 8.35. The minimum Gasteiger partial charge on any atom is -0.480 e. The Hall–Kier alpha value is -0.660. The van der Waals surface area contributed by atoms with E-state index in [0.717, 1.165) is 39.0 Å². The number of aliphatic carboxylic acids is 1. The molecule has 6 nitrogen and oxygen atoms in total. The lowest BCUT2D eigenvalue weighted by Gasteiger charge is -2.33. The van der Waals surface area contributed by atoms with Gasteiger partial charge in [-0.3, -0.25) is 4.79 Å². The van der Waals surface area contributed by atoms with Crippen molar-refractivity contribution < 1.29 is 18.3 Å². The van der Waals surface area contributed by atoms with Crippen LogP contribution < -0.4 is 0 Å². The number of hydrogen-bond acceptors (Lipinski definition) is 5. The minimum absolute atomic E-state index is 0.0552. The van der Waals surface area contributed by atoms with E-state index in [1.807, 2.05) is 0 Å². The van der Waals surface area contributed by atoms with Crippen molar-refractivity contribution in [2.75, 3.05) is 51.3 Å². The molecule has 0 unspecified atom stereocenters. The highest BCUT2D eigenvalue weighted by atomic mass is 32.2. The highest BCUT2D eigenvalue weighted by Crippen LogP contribution is 2.18. The smallest absolute Gasteiger partial charge is 0.318 e. The molecule has 0 radical (unpaired) electrons. The van der Waals surface area contributed by atoms with Gasteiger partial charge in [0.25, 0.3) is 0 Å². The largest absolute Gasteiger partial charge is 0.480 e. The Morgan fingerprint density at radius 3 is 2.50 bits per heavy atom. The summed E-state index contributed by atoms with van der Waals surface area (Å²) in [5.74, 6) is -1.39. The fourth-order valence-electron chi connectivity index (χ4n) is 2.88. The van der Waals surface area contributed by atoms with Gasteiger partial charge in [-0.25, -0.2) is 8.42 Å². The van der Waals surface area contributed by atoms with Gasteiger partial charge in [0.05, 0.1) is 5.75 Å². The van der Waals surface area contributed by atoms with Crippen molar-refractivity contribution in [1.82, 2.24) is 9.80 Å². The molecule has 0 aromatic carbocycles. The van der Waals surface area contributed by atoms with Gasteiger partial charge in [-0.15, -0.1) is 0 Å². The van der Waals surface area contributed by atoms with Crippen LogP contribution in [0.4, 0.5) is 0 Å². The van der Waals surface area contributed by atoms with Gasteiger partial charge >= 0.3 is 5.97 Å². The van der Waals surface area contributed by atoms with E-state index in [4.69, 9.17) is 5.11 Å². The van der Waals surface area contributed by atoms with Crippen molar-refractivity contribution in [3.8, 4) is 0 Å². The fourth-order valence-corrected chi connectivity index (χ4v) is 3.94. The molecule has 0 amide bonds. The Morgan fingerprint density at radius 1 is 1.32 bits per heavy atom. The first kappa shape index (κ1) is 19.4. The number of piperidine rings is 1. The predicted octanol–water partition coefficient (Wildman–Crippen LogP) is 0.930. The first-order valence-electron chi connectivity index (χ1n) is 8.15. The van der Waals surface area contributed by atoms with Crippen LogP contribution in [0.15, 0.2) is 0 Å². The summed E-state index contributed by atoms with van der Waals surface area (Å²) in [7, 11) is -1.31.